The van der Waals surface area contributed by atoms with Gasteiger partial charge in [-0.25, -0.2) is 0 Å². The zero-order valence-electron chi connectivity index (χ0n) is 5.10. The lowest BCUT2D eigenvalue weighted by Gasteiger charge is -1.88. The maximum Gasteiger partial charge on any atom is 0.0108 e. The maximum absolute atomic E-state index is 4.64. The van der Waals surface area contributed by atoms with Gasteiger partial charge in [0.15, 0.2) is 0 Å². The molecule has 0 spiro atoms. The van der Waals surface area contributed by atoms with E-state index >= 15 is 0 Å². The normalized spacial score (nSPS) is 14.8. The molecule has 8 heavy (non-hydrogen) atoms. The van der Waals surface area contributed by atoms with E-state index in [-0.39, 0.29) is 0 Å². The van der Waals surface area contributed by atoms with Crippen LogP contribution in [0.1, 0.15) is 12.8 Å². The van der Waals surface area contributed by atoms with Gasteiger partial charge in [-0.05, 0) is 12.8 Å². The Morgan fingerprint density at radius 2 is 1.38 bits per heavy atom. The Hall–Kier alpha value is -0.230. The second-order valence-electron chi connectivity index (χ2n) is 1.43. The van der Waals surface area contributed by atoms with Crippen molar-refractivity contribution in [2.24, 2.45) is 0 Å². The molecule has 0 aromatic rings. The summed E-state index contributed by atoms with van der Waals surface area (Å²) in [5.41, 5.74) is 0. The molecule has 0 saturated heterocycles. The standard InChI is InChI=1S/C6H8.CH3Cl/c1-2-4-6-5-3-1;1-2/h1-4H,5-6H2;1H3. The van der Waals surface area contributed by atoms with E-state index in [9.17, 15) is 0 Å². The van der Waals surface area contributed by atoms with E-state index in [1.54, 1.807) is 0 Å². The third-order valence-corrected chi connectivity index (χ3v) is 0.883. The average Bonchev–Trinajstić information content (AvgIpc) is 1.96. The maximum atomic E-state index is 4.64. The van der Waals surface area contributed by atoms with E-state index in [1.165, 1.54) is 19.2 Å². The number of alkyl halides is 1. The van der Waals surface area contributed by atoms with Crippen molar-refractivity contribution in [1.29, 1.82) is 0 Å². The zero-order chi connectivity index (χ0) is 6.24. The summed E-state index contributed by atoms with van der Waals surface area (Å²) < 4.78 is 0. The van der Waals surface area contributed by atoms with Crippen molar-refractivity contribution in [3.63, 3.8) is 0 Å². The Balaban J connectivity index is 0.000000222. The van der Waals surface area contributed by atoms with Gasteiger partial charge in [-0.3, -0.25) is 0 Å². The molecule has 0 aliphatic heterocycles. The molecular formula is C7H11Cl. The highest BCUT2D eigenvalue weighted by Crippen LogP contribution is 1.98. The minimum absolute atomic E-state index is 1.23. The SMILES string of the molecule is C1=CCCC=C1.CCl. The van der Waals surface area contributed by atoms with Crippen LogP contribution < -0.4 is 0 Å². The van der Waals surface area contributed by atoms with Crippen LogP contribution >= 0.6 is 11.6 Å². The van der Waals surface area contributed by atoms with Crippen molar-refractivity contribution in [3.8, 4) is 0 Å². The number of rotatable bonds is 0. The highest BCUT2D eigenvalue weighted by molar-refractivity contribution is 6.15. The van der Waals surface area contributed by atoms with Gasteiger partial charge in [0.05, 0.1) is 0 Å². The summed E-state index contributed by atoms with van der Waals surface area (Å²) in [5, 5.41) is 0. The van der Waals surface area contributed by atoms with Crippen molar-refractivity contribution >= 4 is 11.6 Å². The minimum atomic E-state index is 1.23. The van der Waals surface area contributed by atoms with E-state index in [2.05, 4.69) is 35.9 Å². The van der Waals surface area contributed by atoms with Crippen LogP contribution in [0, 0.1) is 0 Å². The number of allylic oxidation sites excluding steroid dienone is 4. The van der Waals surface area contributed by atoms with Gasteiger partial charge in [0.2, 0.25) is 0 Å². The molecule has 0 unspecified atom stereocenters. The predicted octanol–water partition coefficient (Wildman–Crippen LogP) is 2.75. The summed E-state index contributed by atoms with van der Waals surface area (Å²) in [5.74, 6) is 0. The highest BCUT2D eigenvalue weighted by atomic mass is 35.5. The second-order valence-corrected chi connectivity index (χ2v) is 1.43. The Labute approximate surface area is 55.9 Å². The molecule has 0 nitrogen and oxygen atoms in total. The third-order valence-electron chi connectivity index (χ3n) is 0.883. The first-order chi connectivity index (χ1) is 4.00. The Bertz CT molecular complexity index is 70.4. The zero-order valence-corrected chi connectivity index (χ0v) is 5.86. The molecule has 0 bridgehead atoms. The Morgan fingerprint density at radius 1 is 1.00 bits per heavy atom. The second kappa shape index (κ2) is 6.77. The molecule has 1 heteroatoms. The molecule has 0 saturated carbocycles. The molecular weight excluding hydrogens is 120 g/mol. The van der Waals surface area contributed by atoms with Crippen LogP contribution in [0.4, 0.5) is 0 Å². The minimum Gasteiger partial charge on any atom is -0.130 e. The lowest BCUT2D eigenvalue weighted by atomic mass is 10.2. The van der Waals surface area contributed by atoms with E-state index < -0.39 is 0 Å². The Morgan fingerprint density at radius 3 is 1.50 bits per heavy atom. The van der Waals surface area contributed by atoms with Gasteiger partial charge in [0.1, 0.15) is 0 Å². The molecule has 46 valence electrons. The molecule has 0 heterocycles. The molecule has 0 fully saturated rings. The van der Waals surface area contributed by atoms with Gasteiger partial charge in [-0.2, -0.15) is 0 Å². The average molecular weight is 131 g/mol. The molecule has 1 rings (SSSR count). The largest absolute Gasteiger partial charge is 0.130 e. The summed E-state index contributed by atoms with van der Waals surface area (Å²) in [6.07, 6.45) is 12.5. The molecule has 0 N–H and O–H groups in total. The van der Waals surface area contributed by atoms with Crippen LogP contribution in [0.3, 0.4) is 0 Å². The Kier molecular flexibility index (Phi) is 6.58. The van der Waals surface area contributed by atoms with Crippen LogP contribution in [-0.2, 0) is 0 Å². The quantitative estimate of drug-likeness (QED) is 0.443. The monoisotopic (exact) mass is 130 g/mol. The molecule has 1 aliphatic rings. The molecule has 0 amide bonds. The van der Waals surface area contributed by atoms with E-state index in [1.807, 2.05) is 0 Å². The van der Waals surface area contributed by atoms with Gasteiger partial charge >= 0.3 is 0 Å². The van der Waals surface area contributed by atoms with Gasteiger partial charge in [0.25, 0.3) is 0 Å². The summed E-state index contributed by atoms with van der Waals surface area (Å²) in [6.45, 7) is 0. The van der Waals surface area contributed by atoms with Crippen molar-refractivity contribution in [2.75, 3.05) is 6.38 Å². The summed E-state index contributed by atoms with van der Waals surface area (Å²) in [7, 11) is 0. The van der Waals surface area contributed by atoms with Gasteiger partial charge in [0, 0.05) is 6.38 Å². The van der Waals surface area contributed by atoms with Crippen LogP contribution in [-0.4, -0.2) is 6.38 Å². The first-order valence-electron chi connectivity index (χ1n) is 2.69. The van der Waals surface area contributed by atoms with Crippen molar-refractivity contribution in [1.82, 2.24) is 0 Å². The molecule has 1 aliphatic carbocycles. The molecule has 0 atom stereocenters. The third kappa shape index (κ3) is 3.94. The van der Waals surface area contributed by atoms with Crippen LogP contribution in [0.5, 0.6) is 0 Å². The highest BCUT2D eigenvalue weighted by Gasteiger charge is 1.77. The smallest absolute Gasteiger partial charge is 0.0108 e. The molecule has 0 aromatic heterocycles. The van der Waals surface area contributed by atoms with Crippen LogP contribution in [0.15, 0.2) is 24.3 Å². The van der Waals surface area contributed by atoms with Gasteiger partial charge in [-0.15, -0.1) is 11.6 Å². The fraction of sp³-hybridized carbons (Fsp3) is 0.429. The lowest BCUT2D eigenvalue weighted by Crippen LogP contribution is -1.67. The van der Waals surface area contributed by atoms with Crippen LogP contribution in [0.25, 0.3) is 0 Å². The van der Waals surface area contributed by atoms with Gasteiger partial charge in [-0.1, -0.05) is 24.3 Å². The van der Waals surface area contributed by atoms with E-state index in [0.717, 1.165) is 0 Å². The fourth-order valence-electron chi connectivity index (χ4n) is 0.542. The van der Waals surface area contributed by atoms with Crippen molar-refractivity contribution in [3.05, 3.63) is 24.3 Å². The van der Waals surface area contributed by atoms with Crippen LogP contribution in [0.2, 0.25) is 0 Å². The summed E-state index contributed by atoms with van der Waals surface area (Å²) in [4.78, 5) is 0. The molecule has 0 aromatic carbocycles. The van der Waals surface area contributed by atoms with Crippen molar-refractivity contribution < 1.29 is 0 Å². The predicted molar refractivity (Wildman–Crippen MR) is 39.3 cm³/mol. The fourth-order valence-corrected chi connectivity index (χ4v) is 0.542. The van der Waals surface area contributed by atoms with Gasteiger partial charge < -0.3 is 0 Å². The van der Waals surface area contributed by atoms with Crippen molar-refractivity contribution in [2.45, 2.75) is 12.8 Å². The lowest BCUT2D eigenvalue weighted by molar-refractivity contribution is 1.04. The first kappa shape index (κ1) is 7.77. The summed E-state index contributed by atoms with van der Waals surface area (Å²) in [6, 6.07) is 0. The van der Waals surface area contributed by atoms with E-state index in [0.29, 0.717) is 0 Å². The summed E-state index contributed by atoms with van der Waals surface area (Å²) >= 11 is 4.64. The molecule has 0 radical (unpaired) electrons. The number of hydrogen-bond donors (Lipinski definition) is 0. The van der Waals surface area contributed by atoms with E-state index in [4.69, 9.17) is 0 Å². The first-order valence-corrected chi connectivity index (χ1v) is 3.45. The number of hydrogen-bond acceptors (Lipinski definition) is 0. The topological polar surface area (TPSA) is 0 Å². The number of halogens is 1.